The molecule has 0 atom stereocenters. The zero-order valence-corrected chi connectivity index (χ0v) is 15.3. The number of carbonyl (C=O) groups is 2. The van der Waals surface area contributed by atoms with Crippen LogP contribution in [0.1, 0.15) is 19.8 Å². The quantitative estimate of drug-likeness (QED) is 0.645. The van der Waals surface area contributed by atoms with Crippen LogP contribution < -0.4 is 10.0 Å². The fourth-order valence-corrected chi connectivity index (χ4v) is 3.41. The van der Waals surface area contributed by atoms with Crippen LogP contribution in [0.4, 0.5) is 0 Å². The Bertz CT molecular complexity index is 880. The van der Waals surface area contributed by atoms with Gasteiger partial charge in [-0.3, -0.25) is 9.59 Å². The molecule has 0 unspecified atom stereocenters. The van der Waals surface area contributed by atoms with Crippen molar-refractivity contribution in [3.8, 4) is 0 Å². The zero-order valence-electron chi connectivity index (χ0n) is 14.5. The molecule has 2 N–H and O–H groups in total. The normalized spacial score (nSPS) is 11.3. The highest BCUT2D eigenvalue weighted by Gasteiger charge is 2.14. The Hall–Kier alpha value is -2.45. The third kappa shape index (κ3) is 5.82. The predicted molar refractivity (Wildman–Crippen MR) is 98.0 cm³/mol. The van der Waals surface area contributed by atoms with Gasteiger partial charge in [0.05, 0.1) is 17.9 Å². The molecule has 0 saturated heterocycles. The van der Waals surface area contributed by atoms with E-state index in [1.807, 2.05) is 24.3 Å². The number of hydrogen-bond donors (Lipinski definition) is 2. The monoisotopic (exact) mass is 378 g/mol. The molecule has 7 nitrogen and oxygen atoms in total. The molecule has 0 spiro atoms. The standard InChI is InChI=1S/C18H22N2O5S/c1-2-25-18(22)10-11-19-17(21)9-12-20-26(23,24)16-8-7-14-5-3-4-6-15(14)13-16/h3-8,13,20H,2,9-12H2,1H3,(H,19,21). The van der Waals surface area contributed by atoms with Gasteiger partial charge in [0.2, 0.25) is 15.9 Å². The van der Waals surface area contributed by atoms with E-state index in [4.69, 9.17) is 4.74 Å². The molecular weight excluding hydrogens is 356 g/mol. The van der Waals surface area contributed by atoms with Crippen LogP contribution in [-0.4, -0.2) is 40.0 Å². The van der Waals surface area contributed by atoms with Gasteiger partial charge < -0.3 is 10.1 Å². The second-order valence-electron chi connectivity index (χ2n) is 5.56. The summed E-state index contributed by atoms with van der Waals surface area (Å²) in [4.78, 5) is 23.0. The second kappa shape index (κ2) is 9.30. The van der Waals surface area contributed by atoms with Gasteiger partial charge in [0.15, 0.2) is 0 Å². The van der Waals surface area contributed by atoms with Gasteiger partial charge in [0, 0.05) is 19.5 Å². The highest BCUT2D eigenvalue weighted by atomic mass is 32.2. The lowest BCUT2D eigenvalue weighted by Gasteiger charge is -2.08. The van der Waals surface area contributed by atoms with Gasteiger partial charge in [0.25, 0.3) is 0 Å². The fourth-order valence-electron chi connectivity index (χ4n) is 2.34. The first-order valence-corrected chi connectivity index (χ1v) is 9.81. The Morgan fingerprint density at radius 2 is 1.73 bits per heavy atom. The van der Waals surface area contributed by atoms with Crippen molar-refractivity contribution in [3.05, 3.63) is 42.5 Å². The molecule has 0 aliphatic carbocycles. The van der Waals surface area contributed by atoms with Crippen molar-refractivity contribution < 1.29 is 22.7 Å². The smallest absolute Gasteiger partial charge is 0.307 e. The van der Waals surface area contributed by atoms with Crippen LogP contribution in [0.5, 0.6) is 0 Å². The molecule has 0 fully saturated rings. The van der Waals surface area contributed by atoms with Crippen LogP contribution in [-0.2, 0) is 24.3 Å². The van der Waals surface area contributed by atoms with E-state index in [1.165, 1.54) is 6.07 Å². The van der Waals surface area contributed by atoms with E-state index in [2.05, 4.69) is 10.0 Å². The van der Waals surface area contributed by atoms with Gasteiger partial charge in [-0.15, -0.1) is 0 Å². The molecule has 0 aliphatic rings. The Labute approximate surface area is 152 Å². The molecular formula is C18H22N2O5S. The average Bonchev–Trinajstić information content (AvgIpc) is 2.61. The van der Waals surface area contributed by atoms with Crippen LogP contribution in [0.25, 0.3) is 10.8 Å². The highest BCUT2D eigenvalue weighted by molar-refractivity contribution is 7.89. The van der Waals surface area contributed by atoms with Gasteiger partial charge >= 0.3 is 5.97 Å². The van der Waals surface area contributed by atoms with Gasteiger partial charge in [0.1, 0.15) is 0 Å². The van der Waals surface area contributed by atoms with Crippen molar-refractivity contribution in [1.82, 2.24) is 10.0 Å². The summed E-state index contributed by atoms with van der Waals surface area (Å²) in [6, 6.07) is 12.3. The number of ether oxygens (including phenoxy) is 1. The Morgan fingerprint density at radius 1 is 1.00 bits per heavy atom. The van der Waals surface area contributed by atoms with Gasteiger partial charge in [-0.2, -0.15) is 0 Å². The number of benzene rings is 2. The number of hydrogen-bond acceptors (Lipinski definition) is 5. The van der Waals surface area contributed by atoms with Crippen LogP contribution in [0, 0.1) is 0 Å². The first kappa shape index (κ1) is 19.9. The Kier molecular flexibility index (Phi) is 7.11. The second-order valence-corrected chi connectivity index (χ2v) is 7.33. The summed E-state index contributed by atoms with van der Waals surface area (Å²) in [5.41, 5.74) is 0. The Morgan fingerprint density at radius 3 is 2.46 bits per heavy atom. The van der Waals surface area contributed by atoms with Crippen molar-refractivity contribution in [3.63, 3.8) is 0 Å². The van der Waals surface area contributed by atoms with Crippen LogP contribution in [0.3, 0.4) is 0 Å². The van der Waals surface area contributed by atoms with E-state index in [0.717, 1.165) is 10.8 Å². The average molecular weight is 378 g/mol. The minimum Gasteiger partial charge on any atom is -0.466 e. The first-order chi connectivity index (χ1) is 12.4. The van der Waals surface area contributed by atoms with Crippen molar-refractivity contribution in [1.29, 1.82) is 0 Å². The SMILES string of the molecule is CCOC(=O)CCNC(=O)CCNS(=O)(=O)c1ccc2ccccc2c1. The Balaban J connectivity index is 1.82. The number of nitrogens with one attached hydrogen (secondary N) is 2. The maximum atomic E-state index is 12.3. The maximum absolute atomic E-state index is 12.3. The molecule has 0 aromatic heterocycles. The summed E-state index contributed by atoms with van der Waals surface area (Å²) in [7, 11) is -3.69. The number of rotatable bonds is 9. The van der Waals surface area contributed by atoms with Crippen LogP contribution >= 0.6 is 0 Å². The molecule has 1 amide bonds. The van der Waals surface area contributed by atoms with Crippen LogP contribution in [0.2, 0.25) is 0 Å². The number of esters is 1. The first-order valence-electron chi connectivity index (χ1n) is 8.33. The van der Waals surface area contributed by atoms with Gasteiger partial charge in [-0.1, -0.05) is 30.3 Å². The minimum absolute atomic E-state index is 0.0182. The summed E-state index contributed by atoms with van der Waals surface area (Å²) in [6.45, 7) is 2.14. The molecule has 0 heterocycles. The minimum atomic E-state index is -3.69. The number of carbonyl (C=O) groups excluding carboxylic acids is 2. The number of sulfonamides is 1. The van der Waals surface area contributed by atoms with Crippen molar-refractivity contribution in [2.45, 2.75) is 24.7 Å². The number of amides is 1. The molecule has 2 aromatic rings. The fraction of sp³-hybridized carbons (Fsp3) is 0.333. The highest BCUT2D eigenvalue weighted by Crippen LogP contribution is 2.18. The lowest BCUT2D eigenvalue weighted by Crippen LogP contribution is -2.32. The van der Waals surface area contributed by atoms with E-state index in [9.17, 15) is 18.0 Å². The van der Waals surface area contributed by atoms with E-state index in [0.29, 0.717) is 6.61 Å². The largest absolute Gasteiger partial charge is 0.466 e. The third-order valence-corrected chi connectivity index (χ3v) is 5.09. The zero-order chi connectivity index (χ0) is 19.0. The predicted octanol–water partition coefficient (Wildman–Crippen LogP) is 1.58. The summed E-state index contributed by atoms with van der Waals surface area (Å²) in [5, 5.41) is 4.32. The molecule has 140 valence electrons. The van der Waals surface area contributed by atoms with Gasteiger partial charge in [-0.25, -0.2) is 13.1 Å². The molecule has 8 heteroatoms. The third-order valence-electron chi connectivity index (χ3n) is 3.63. The molecule has 0 bridgehead atoms. The lowest BCUT2D eigenvalue weighted by atomic mass is 10.1. The molecule has 0 saturated carbocycles. The summed E-state index contributed by atoms with van der Waals surface area (Å²) >= 11 is 0. The summed E-state index contributed by atoms with van der Waals surface area (Å²) in [6.07, 6.45) is 0.0675. The van der Waals surface area contributed by atoms with E-state index >= 15 is 0 Å². The summed E-state index contributed by atoms with van der Waals surface area (Å²) < 4.78 is 31.8. The van der Waals surface area contributed by atoms with E-state index in [1.54, 1.807) is 19.1 Å². The molecule has 26 heavy (non-hydrogen) atoms. The summed E-state index contributed by atoms with van der Waals surface area (Å²) in [5.74, 6) is -0.722. The topological polar surface area (TPSA) is 102 Å². The van der Waals surface area contributed by atoms with E-state index < -0.39 is 10.0 Å². The van der Waals surface area contributed by atoms with Crippen molar-refractivity contribution >= 4 is 32.7 Å². The molecule has 0 radical (unpaired) electrons. The molecule has 0 aliphatic heterocycles. The lowest BCUT2D eigenvalue weighted by molar-refractivity contribution is -0.143. The van der Waals surface area contributed by atoms with Gasteiger partial charge in [-0.05, 0) is 29.8 Å². The van der Waals surface area contributed by atoms with Crippen molar-refractivity contribution in [2.75, 3.05) is 19.7 Å². The maximum Gasteiger partial charge on any atom is 0.307 e. The van der Waals surface area contributed by atoms with Crippen molar-refractivity contribution in [2.24, 2.45) is 0 Å². The van der Waals surface area contributed by atoms with Crippen LogP contribution in [0.15, 0.2) is 47.4 Å². The molecule has 2 aromatic carbocycles. The number of fused-ring (bicyclic) bond motifs is 1. The molecule has 2 rings (SSSR count). The van der Waals surface area contributed by atoms with E-state index in [-0.39, 0.29) is 42.7 Å².